The lowest BCUT2D eigenvalue weighted by molar-refractivity contribution is -0.256. The van der Waals surface area contributed by atoms with Crippen LogP contribution in [0.15, 0.2) is 12.2 Å². The van der Waals surface area contributed by atoms with Crippen molar-refractivity contribution >= 4 is 5.91 Å². The molecule has 12 heavy (non-hydrogen) atoms. The Morgan fingerprint density at radius 2 is 2.58 bits per heavy atom. The number of nitrogens with zero attached hydrogens (tertiary/aromatic N) is 1. The maximum absolute atomic E-state index is 11.1. The maximum atomic E-state index is 11.1. The molecular formula is C8H12N2O2. The predicted molar refractivity (Wildman–Crippen MR) is 42.9 cm³/mol. The van der Waals surface area contributed by atoms with E-state index in [1.807, 2.05) is 13.1 Å². The van der Waals surface area contributed by atoms with Gasteiger partial charge in [0.15, 0.2) is 5.60 Å². The third-order valence-electron chi connectivity index (χ3n) is 2.59. The second kappa shape index (κ2) is 2.31. The predicted octanol–water partition coefficient (Wildman–Crippen LogP) is -0.194. The summed E-state index contributed by atoms with van der Waals surface area (Å²) in [4.78, 5) is 16.5. The summed E-state index contributed by atoms with van der Waals surface area (Å²) >= 11 is 0. The van der Waals surface area contributed by atoms with E-state index in [0.29, 0.717) is 12.5 Å². The lowest BCUT2D eigenvalue weighted by Gasteiger charge is -2.44. The van der Waals surface area contributed by atoms with E-state index in [4.69, 9.17) is 10.6 Å². The molecule has 4 nitrogen and oxygen atoms in total. The van der Waals surface area contributed by atoms with Gasteiger partial charge < -0.3 is 5.73 Å². The molecule has 66 valence electrons. The van der Waals surface area contributed by atoms with Crippen molar-refractivity contribution in [3.63, 3.8) is 0 Å². The largest absolute Gasteiger partial charge is 0.367 e. The topological polar surface area (TPSA) is 55.6 Å². The number of hydrogen-bond acceptors (Lipinski definition) is 3. The number of rotatable bonds is 1. The molecule has 1 saturated heterocycles. The minimum Gasteiger partial charge on any atom is -0.367 e. The molecule has 0 radical (unpaired) electrons. The number of primary amides is 1. The van der Waals surface area contributed by atoms with Gasteiger partial charge in [0, 0.05) is 7.05 Å². The average molecular weight is 168 g/mol. The zero-order chi connectivity index (χ0) is 8.77. The summed E-state index contributed by atoms with van der Waals surface area (Å²) in [6, 6.07) is 0.311. The maximum Gasteiger partial charge on any atom is 0.255 e. The molecule has 3 aliphatic rings. The standard InChI is InChI=1S/C8H12N2O2/c1-10-6-2-4-8(12-10,5-3-6)7(9)11/h2,4,6H,3,5H2,1H3,(H2,9,11). The van der Waals surface area contributed by atoms with Crippen LogP contribution in [0.25, 0.3) is 0 Å². The monoisotopic (exact) mass is 168 g/mol. The van der Waals surface area contributed by atoms with Crippen LogP contribution in [0.5, 0.6) is 0 Å². The van der Waals surface area contributed by atoms with Gasteiger partial charge >= 0.3 is 0 Å². The van der Waals surface area contributed by atoms with Crippen LogP contribution in [0.4, 0.5) is 0 Å². The fourth-order valence-corrected chi connectivity index (χ4v) is 1.76. The van der Waals surface area contributed by atoms with Crippen molar-refractivity contribution in [3.05, 3.63) is 12.2 Å². The van der Waals surface area contributed by atoms with Crippen LogP contribution in [0.1, 0.15) is 12.8 Å². The summed E-state index contributed by atoms with van der Waals surface area (Å²) in [6.07, 6.45) is 5.41. The zero-order valence-electron chi connectivity index (χ0n) is 6.99. The number of amides is 1. The molecule has 2 atom stereocenters. The highest BCUT2D eigenvalue weighted by atomic mass is 16.7. The molecule has 0 spiro atoms. The van der Waals surface area contributed by atoms with Crippen molar-refractivity contribution in [2.75, 3.05) is 7.05 Å². The number of carbonyl (C=O) groups excluding carboxylic acids is 1. The van der Waals surface area contributed by atoms with Gasteiger partial charge in [-0.15, -0.1) is 0 Å². The first-order chi connectivity index (χ1) is 5.64. The summed E-state index contributed by atoms with van der Waals surface area (Å²) in [7, 11) is 1.82. The molecule has 2 heterocycles. The SMILES string of the molecule is CN1OC2(C(N)=O)C=CC1CC2. The van der Waals surface area contributed by atoms with Gasteiger partial charge in [-0.05, 0) is 18.9 Å². The average Bonchev–Trinajstić information content (AvgIpc) is 2.05. The molecule has 0 aromatic heterocycles. The summed E-state index contributed by atoms with van der Waals surface area (Å²) in [5.74, 6) is -0.399. The first-order valence-corrected chi connectivity index (χ1v) is 4.05. The van der Waals surface area contributed by atoms with Crippen LogP contribution in [0, 0.1) is 0 Å². The van der Waals surface area contributed by atoms with Gasteiger partial charge in [0.1, 0.15) is 0 Å². The zero-order valence-corrected chi connectivity index (χ0v) is 6.99. The van der Waals surface area contributed by atoms with E-state index in [9.17, 15) is 4.79 Å². The normalized spacial score (nSPS) is 40.2. The number of carbonyl (C=O) groups is 1. The Labute approximate surface area is 70.9 Å². The van der Waals surface area contributed by atoms with Gasteiger partial charge in [0.25, 0.3) is 5.91 Å². The number of likely N-dealkylation sites (N-methyl/N-ethyl adjacent to an activating group) is 1. The minimum absolute atomic E-state index is 0.311. The molecule has 2 aliphatic heterocycles. The summed E-state index contributed by atoms with van der Waals surface area (Å²) < 4.78 is 0. The third-order valence-corrected chi connectivity index (χ3v) is 2.59. The molecule has 0 aromatic rings. The van der Waals surface area contributed by atoms with Crippen LogP contribution in [-0.4, -0.2) is 29.7 Å². The van der Waals surface area contributed by atoms with Gasteiger partial charge in [-0.1, -0.05) is 6.08 Å². The van der Waals surface area contributed by atoms with Gasteiger partial charge in [-0.25, -0.2) is 0 Å². The Morgan fingerprint density at radius 1 is 1.83 bits per heavy atom. The van der Waals surface area contributed by atoms with E-state index in [1.165, 1.54) is 0 Å². The van der Waals surface area contributed by atoms with E-state index in [2.05, 4.69) is 0 Å². The molecule has 2 bridgehead atoms. The summed E-state index contributed by atoms with van der Waals surface area (Å²) in [5, 5.41) is 1.70. The van der Waals surface area contributed by atoms with Crippen LogP contribution >= 0.6 is 0 Å². The Kier molecular flexibility index (Phi) is 1.49. The Balaban J connectivity index is 2.33. The van der Waals surface area contributed by atoms with Crippen molar-refractivity contribution in [2.45, 2.75) is 24.5 Å². The summed E-state index contributed by atoms with van der Waals surface area (Å²) in [5.41, 5.74) is 4.40. The quantitative estimate of drug-likeness (QED) is 0.552. The second-order valence-electron chi connectivity index (χ2n) is 3.36. The molecule has 4 heteroatoms. The van der Waals surface area contributed by atoms with Crippen molar-refractivity contribution in [2.24, 2.45) is 5.73 Å². The first kappa shape index (κ1) is 7.76. The van der Waals surface area contributed by atoms with Crippen molar-refractivity contribution in [3.8, 4) is 0 Å². The van der Waals surface area contributed by atoms with E-state index >= 15 is 0 Å². The van der Waals surface area contributed by atoms with E-state index < -0.39 is 11.5 Å². The van der Waals surface area contributed by atoms with E-state index in [0.717, 1.165) is 6.42 Å². The van der Waals surface area contributed by atoms with Crippen molar-refractivity contribution < 1.29 is 9.63 Å². The van der Waals surface area contributed by atoms with Crippen molar-refractivity contribution in [1.29, 1.82) is 0 Å². The Hall–Kier alpha value is -0.870. The molecule has 2 N–H and O–H groups in total. The number of hydroxylamine groups is 2. The second-order valence-corrected chi connectivity index (χ2v) is 3.36. The highest BCUT2D eigenvalue weighted by molar-refractivity contribution is 5.86. The van der Waals surface area contributed by atoms with Crippen LogP contribution in [-0.2, 0) is 9.63 Å². The highest BCUT2D eigenvalue weighted by Crippen LogP contribution is 2.34. The summed E-state index contributed by atoms with van der Waals surface area (Å²) in [6.45, 7) is 0. The molecule has 1 fully saturated rings. The number of nitrogens with two attached hydrogens (primary N) is 1. The number of fused-ring (bicyclic) bond motifs is 2. The Bertz CT molecular complexity index is 251. The molecule has 3 rings (SSSR count). The van der Waals surface area contributed by atoms with Crippen LogP contribution < -0.4 is 5.73 Å². The van der Waals surface area contributed by atoms with Gasteiger partial charge in [-0.2, -0.15) is 5.06 Å². The number of hydrogen-bond donors (Lipinski definition) is 1. The van der Waals surface area contributed by atoms with E-state index in [1.54, 1.807) is 11.1 Å². The lowest BCUT2D eigenvalue weighted by atomic mass is 9.86. The minimum atomic E-state index is -0.858. The third kappa shape index (κ3) is 0.884. The van der Waals surface area contributed by atoms with Gasteiger partial charge in [0.2, 0.25) is 0 Å². The fraction of sp³-hybridized carbons (Fsp3) is 0.625. The first-order valence-electron chi connectivity index (χ1n) is 4.05. The van der Waals surface area contributed by atoms with Crippen LogP contribution in [0.3, 0.4) is 0 Å². The molecule has 2 unspecified atom stereocenters. The lowest BCUT2D eigenvalue weighted by Crippen LogP contribution is -2.57. The van der Waals surface area contributed by atoms with Crippen molar-refractivity contribution in [1.82, 2.24) is 5.06 Å². The highest BCUT2D eigenvalue weighted by Gasteiger charge is 2.45. The molecular weight excluding hydrogens is 156 g/mol. The fourth-order valence-electron chi connectivity index (χ4n) is 1.76. The smallest absolute Gasteiger partial charge is 0.255 e. The molecule has 1 aliphatic carbocycles. The molecule has 0 saturated carbocycles. The van der Waals surface area contributed by atoms with Gasteiger partial charge in [-0.3, -0.25) is 9.63 Å². The van der Waals surface area contributed by atoms with E-state index in [-0.39, 0.29) is 0 Å². The molecule has 1 amide bonds. The molecule has 0 aromatic carbocycles. The Morgan fingerprint density at radius 3 is 2.92 bits per heavy atom. The van der Waals surface area contributed by atoms with Crippen LogP contribution in [0.2, 0.25) is 0 Å². The van der Waals surface area contributed by atoms with Gasteiger partial charge in [0.05, 0.1) is 6.04 Å².